The minimum absolute atomic E-state index is 0.357. The van der Waals surface area contributed by atoms with Gasteiger partial charge in [0.05, 0.1) is 6.54 Å². The molecule has 0 bridgehead atoms. The van der Waals surface area contributed by atoms with Gasteiger partial charge in [0, 0.05) is 45.4 Å². The van der Waals surface area contributed by atoms with Gasteiger partial charge >= 0.3 is 0 Å². The Morgan fingerprint density at radius 2 is 2.22 bits per heavy atom. The molecule has 0 amide bonds. The van der Waals surface area contributed by atoms with Crippen molar-refractivity contribution in [3.8, 4) is 5.82 Å². The molecule has 1 aliphatic carbocycles. The van der Waals surface area contributed by atoms with Gasteiger partial charge in [-0.15, -0.1) is 0 Å². The van der Waals surface area contributed by atoms with E-state index in [9.17, 15) is 0 Å². The van der Waals surface area contributed by atoms with Crippen molar-refractivity contribution in [1.29, 1.82) is 0 Å². The van der Waals surface area contributed by atoms with Gasteiger partial charge in [-0.25, -0.2) is 14.7 Å². The molecule has 1 saturated carbocycles. The van der Waals surface area contributed by atoms with E-state index in [1.165, 1.54) is 19.3 Å². The van der Waals surface area contributed by atoms with Gasteiger partial charge in [-0.3, -0.25) is 0 Å². The molecule has 3 rings (SSSR count). The molecule has 0 saturated heterocycles. The number of hydrogen-bond donors (Lipinski definition) is 2. The van der Waals surface area contributed by atoms with E-state index in [4.69, 9.17) is 9.73 Å². The molecule has 0 aliphatic heterocycles. The number of aromatic nitrogens is 3. The first kappa shape index (κ1) is 19.4. The molecule has 0 atom stereocenters. The summed E-state index contributed by atoms with van der Waals surface area (Å²) in [7, 11) is 1.78. The summed E-state index contributed by atoms with van der Waals surface area (Å²) in [6.45, 7) is 5.28. The molecule has 0 unspecified atom stereocenters. The zero-order valence-corrected chi connectivity index (χ0v) is 16.3. The molecule has 7 heteroatoms. The van der Waals surface area contributed by atoms with Crippen LogP contribution in [-0.2, 0) is 11.3 Å². The van der Waals surface area contributed by atoms with E-state index in [1.807, 2.05) is 24.4 Å². The van der Waals surface area contributed by atoms with Crippen LogP contribution in [0.25, 0.3) is 5.82 Å². The van der Waals surface area contributed by atoms with Crippen LogP contribution in [0.3, 0.4) is 0 Å². The zero-order chi connectivity index (χ0) is 19.0. The van der Waals surface area contributed by atoms with E-state index in [1.54, 1.807) is 24.2 Å². The third-order valence-electron chi connectivity index (χ3n) is 5.19. The molecule has 0 radical (unpaired) electrons. The topological polar surface area (TPSA) is 76.4 Å². The molecule has 27 heavy (non-hydrogen) atoms. The molecule has 2 N–H and O–H groups in total. The van der Waals surface area contributed by atoms with Crippen molar-refractivity contribution in [2.45, 2.75) is 39.2 Å². The zero-order valence-electron chi connectivity index (χ0n) is 16.3. The van der Waals surface area contributed by atoms with E-state index >= 15 is 0 Å². The second-order valence-corrected chi connectivity index (χ2v) is 7.12. The predicted octanol–water partition coefficient (Wildman–Crippen LogP) is 2.53. The van der Waals surface area contributed by atoms with Crippen LogP contribution in [0.4, 0.5) is 0 Å². The predicted molar refractivity (Wildman–Crippen MR) is 107 cm³/mol. The minimum Gasteiger partial charge on any atom is -0.385 e. The Morgan fingerprint density at radius 3 is 2.89 bits per heavy atom. The Bertz CT molecular complexity index is 724. The van der Waals surface area contributed by atoms with Gasteiger partial charge in [-0.1, -0.05) is 6.42 Å². The Hall–Kier alpha value is -2.41. The second-order valence-electron chi connectivity index (χ2n) is 7.12. The van der Waals surface area contributed by atoms with E-state index in [0.29, 0.717) is 12.0 Å². The van der Waals surface area contributed by atoms with Gasteiger partial charge < -0.3 is 15.4 Å². The first-order chi connectivity index (χ1) is 13.2. The largest absolute Gasteiger partial charge is 0.385 e. The third-order valence-corrected chi connectivity index (χ3v) is 5.19. The third kappa shape index (κ3) is 5.29. The highest BCUT2D eigenvalue weighted by Gasteiger charge is 2.36. The first-order valence-electron chi connectivity index (χ1n) is 9.71. The smallest absolute Gasteiger partial charge is 0.191 e. The first-order valence-corrected chi connectivity index (χ1v) is 9.71. The van der Waals surface area contributed by atoms with Crippen LogP contribution in [-0.4, -0.2) is 47.5 Å². The van der Waals surface area contributed by atoms with Crippen molar-refractivity contribution in [3.63, 3.8) is 0 Å². The summed E-state index contributed by atoms with van der Waals surface area (Å²) in [4.78, 5) is 9.12. The highest BCUT2D eigenvalue weighted by molar-refractivity contribution is 5.79. The molecule has 146 valence electrons. The van der Waals surface area contributed by atoms with Crippen molar-refractivity contribution < 1.29 is 4.74 Å². The van der Waals surface area contributed by atoms with Crippen LogP contribution in [0.15, 0.2) is 41.8 Å². The highest BCUT2D eigenvalue weighted by Crippen LogP contribution is 2.43. The highest BCUT2D eigenvalue weighted by atomic mass is 16.5. The summed E-state index contributed by atoms with van der Waals surface area (Å²) in [5.74, 6) is 1.66. The van der Waals surface area contributed by atoms with Gasteiger partial charge in [0.25, 0.3) is 0 Å². The molecule has 1 fully saturated rings. The van der Waals surface area contributed by atoms with E-state index in [-0.39, 0.29) is 0 Å². The number of rotatable bonds is 9. The second kappa shape index (κ2) is 9.50. The maximum Gasteiger partial charge on any atom is 0.191 e. The quantitative estimate of drug-likeness (QED) is 0.524. The van der Waals surface area contributed by atoms with Gasteiger partial charge in [0.1, 0.15) is 0 Å². The summed E-state index contributed by atoms with van der Waals surface area (Å²) in [5.41, 5.74) is 1.46. The van der Waals surface area contributed by atoms with Crippen molar-refractivity contribution in [3.05, 3.63) is 42.4 Å². The number of nitrogens with one attached hydrogen (secondary N) is 2. The Balaban J connectivity index is 1.61. The standard InChI is InChI=1S/C20H30N6O/c1-3-21-19(24-16-20(7-4-8-20)9-13-27-2)23-15-17-6-11-22-18(14-17)26-12-5-10-25-26/h5-6,10-12,14H,3-4,7-9,13,15-16H2,1-2H3,(H2,21,23,24). The minimum atomic E-state index is 0.357. The van der Waals surface area contributed by atoms with Crippen molar-refractivity contribution in [1.82, 2.24) is 25.4 Å². The number of pyridine rings is 1. The van der Waals surface area contributed by atoms with Crippen molar-refractivity contribution >= 4 is 5.96 Å². The number of hydrogen-bond acceptors (Lipinski definition) is 4. The Kier molecular flexibility index (Phi) is 6.81. The van der Waals surface area contributed by atoms with Gasteiger partial charge in [-0.2, -0.15) is 5.10 Å². The molecule has 2 aromatic rings. The Morgan fingerprint density at radius 1 is 1.33 bits per heavy atom. The lowest BCUT2D eigenvalue weighted by Crippen LogP contribution is -2.46. The normalized spacial score (nSPS) is 16.0. The average Bonchev–Trinajstić information content (AvgIpc) is 3.20. The number of ether oxygens (including phenoxy) is 1. The molecule has 1 aliphatic rings. The fourth-order valence-electron chi connectivity index (χ4n) is 3.38. The lowest BCUT2D eigenvalue weighted by Gasteiger charge is -2.42. The SMILES string of the molecule is CCNC(=NCc1ccnc(-n2cccn2)c1)NCC1(CCOC)CCC1. The van der Waals surface area contributed by atoms with Crippen LogP contribution in [0, 0.1) is 5.41 Å². The molecule has 2 aromatic heterocycles. The Labute approximate surface area is 161 Å². The monoisotopic (exact) mass is 370 g/mol. The molecule has 0 spiro atoms. The van der Waals surface area contributed by atoms with Crippen LogP contribution in [0.5, 0.6) is 0 Å². The van der Waals surface area contributed by atoms with Crippen LogP contribution >= 0.6 is 0 Å². The van der Waals surface area contributed by atoms with Crippen molar-refractivity contribution in [2.75, 3.05) is 26.8 Å². The number of nitrogens with zero attached hydrogens (tertiary/aromatic N) is 4. The lowest BCUT2D eigenvalue weighted by molar-refractivity contribution is 0.0732. The molecule has 2 heterocycles. The average molecular weight is 371 g/mol. The number of aliphatic imine (C=N–C) groups is 1. The summed E-state index contributed by atoms with van der Waals surface area (Å²) in [5, 5.41) is 11.1. The molecular weight excluding hydrogens is 340 g/mol. The van der Waals surface area contributed by atoms with Gasteiger partial charge in [0.2, 0.25) is 0 Å². The van der Waals surface area contributed by atoms with Crippen LogP contribution in [0.1, 0.15) is 38.2 Å². The van der Waals surface area contributed by atoms with E-state index < -0.39 is 0 Å². The van der Waals surface area contributed by atoms with Gasteiger partial charge in [-0.05, 0) is 55.4 Å². The summed E-state index contributed by atoms with van der Waals surface area (Å²) in [6.07, 6.45) is 10.4. The van der Waals surface area contributed by atoms with E-state index in [2.05, 4.69) is 27.6 Å². The maximum atomic E-state index is 5.29. The van der Waals surface area contributed by atoms with Gasteiger partial charge in [0.15, 0.2) is 11.8 Å². The van der Waals surface area contributed by atoms with Crippen LogP contribution in [0.2, 0.25) is 0 Å². The van der Waals surface area contributed by atoms with Crippen molar-refractivity contribution in [2.24, 2.45) is 10.4 Å². The number of guanidine groups is 1. The molecular formula is C20H30N6O. The molecule has 7 nitrogen and oxygen atoms in total. The lowest BCUT2D eigenvalue weighted by atomic mass is 9.67. The summed E-state index contributed by atoms with van der Waals surface area (Å²) < 4.78 is 7.04. The fraction of sp³-hybridized carbons (Fsp3) is 0.550. The summed E-state index contributed by atoms with van der Waals surface area (Å²) in [6, 6.07) is 5.90. The summed E-state index contributed by atoms with van der Waals surface area (Å²) >= 11 is 0. The molecule has 0 aromatic carbocycles. The number of methoxy groups -OCH3 is 1. The fourth-order valence-corrected chi connectivity index (χ4v) is 3.38. The maximum absolute atomic E-state index is 5.29. The van der Waals surface area contributed by atoms with Crippen LogP contribution < -0.4 is 10.6 Å². The van der Waals surface area contributed by atoms with E-state index in [0.717, 1.165) is 43.5 Å².